The molecule has 0 unspecified atom stereocenters. The van der Waals surface area contributed by atoms with Gasteiger partial charge < -0.3 is 0 Å². The van der Waals surface area contributed by atoms with E-state index in [1.165, 1.54) is 7.06 Å². The third kappa shape index (κ3) is 7.51. The van der Waals surface area contributed by atoms with Crippen molar-refractivity contribution in [3.63, 3.8) is 0 Å². The Balaban J connectivity index is 0. The molecule has 0 atom stereocenters. The van der Waals surface area contributed by atoms with Crippen molar-refractivity contribution in [1.82, 2.24) is 0 Å². The van der Waals surface area contributed by atoms with E-state index < -0.39 is 19.2 Å². The smallest absolute Gasteiger partial charge is 0 e. The second-order valence-corrected chi connectivity index (χ2v) is 3.27. The molecule has 15 heavy (non-hydrogen) atoms. The zero-order chi connectivity index (χ0) is 11.3. The van der Waals surface area contributed by atoms with Gasteiger partial charge in [0.1, 0.15) is 0 Å². The van der Waals surface area contributed by atoms with Crippen molar-refractivity contribution >= 4 is 100 Å². The summed E-state index contributed by atoms with van der Waals surface area (Å²) < 4.78 is 0. The molecule has 0 aliphatic heterocycles. The summed E-state index contributed by atoms with van der Waals surface area (Å²) in [5, 5.41) is 0. The van der Waals surface area contributed by atoms with Crippen LogP contribution in [-0.4, -0.2) is 100 Å². The summed E-state index contributed by atoms with van der Waals surface area (Å²) in [4.78, 5) is 0. The molecule has 16 radical (unpaired) electrons. The van der Waals surface area contributed by atoms with Crippen LogP contribution in [0, 0.1) is 0 Å². The molecule has 0 aromatic carbocycles. The zero-order valence-electron chi connectivity index (χ0n) is 8.49. The average molecular weight is 335 g/mol. The van der Waals surface area contributed by atoms with E-state index in [1.54, 1.807) is 7.06 Å². The van der Waals surface area contributed by atoms with Crippen LogP contribution in [0.3, 0.4) is 0 Å². The van der Waals surface area contributed by atoms with Gasteiger partial charge in [-0.3, -0.25) is 0 Å². The van der Waals surface area contributed by atoms with Crippen LogP contribution in [0.15, 0.2) is 0 Å². The second kappa shape index (κ2) is 9.61. The van der Waals surface area contributed by atoms with Crippen molar-refractivity contribution in [2.24, 2.45) is 0 Å². The first kappa shape index (κ1) is 18.9. The van der Waals surface area contributed by atoms with Crippen molar-refractivity contribution in [3.05, 3.63) is 0 Å². The Morgan fingerprint density at radius 3 is 1.33 bits per heavy atom. The topological polar surface area (TPSA) is 0 Å². The molecule has 0 aromatic rings. The Morgan fingerprint density at radius 2 is 1.13 bits per heavy atom. The van der Waals surface area contributed by atoms with Crippen LogP contribution in [0.25, 0.3) is 0 Å². The van der Waals surface area contributed by atoms with Crippen LogP contribution >= 0.6 is 0 Å². The first-order valence-corrected chi connectivity index (χ1v) is 4.33. The van der Waals surface area contributed by atoms with E-state index in [2.05, 4.69) is 0 Å². The van der Waals surface area contributed by atoms with Gasteiger partial charge in [0.15, 0.2) is 0 Å². The molecule has 0 nitrogen and oxygen atoms in total. The van der Waals surface area contributed by atoms with Crippen LogP contribution in [0.4, 0.5) is 0 Å². The molecule has 0 heterocycles. The normalized spacial score (nSPS) is 8.00. The Bertz CT molecular complexity index is 130. The Labute approximate surface area is 121 Å². The van der Waals surface area contributed by atoms with Gasteiger partial charge in [-0.15, -0.1) is 0 Å². The standard InChI is InChI=1S/B14.W/c1-8-13(10(2)3)9-14(11(4)5)12(6)7;. The molecular formula is B14W. The molecule has 0 rings (SSSR count). The molecule has 0 saturated heterocycles. The Hall–Kier alpha value is 1.60. The minimum atomic E-state index is -0.656. The summed E-state index contributed by atoms with van der Waals surface area (Å²) in [5.41, 5.74) is 0. The summed E-state index contributed by atoms with van der Waals surface area (Å²) in [6.07, 6.45) is -2.62. The predicted molar refractivity (Wildman–Crippen MR) is 80.6 cm³/mol. The maximum Gasteiger partial charge on any atom is 0 e. The van der Waals surface area contributed by atoms with Gasteiger partial charge in [0, 0.05) is 121 Å². The van der Waals surface area contributed by atoms with Gasteiger partial charge in [-0.2, -0.15) is 0 Å². The van der Waals surface area contributed by atoms with Gasteiger partial charge in [-0.1, -0.05) is 0 Å². The van der Waals surface area contributed by atoms with E-state index in [1.807, 2.05) is 0 Å². The molecule has 0 aliphatic carbocycles. The third-order valence-corrected chi connectivity index (χ3v) is 2.00. The quantitative estimate of drug-likeness (QED) is 0.426. The predicted octanol–water partition coefficient (Wildman–Crippen LogP) is -5.33. The van der Waals surface area contributed by atoms with Crippen LogP contribution in [0.5, 0.6) is 0 Å². The van der Waals surface area contributed by atoms with Gasteiger partial charge in [0.05, 0.1) is 0 Å². The number of rotatable bonds is 6. The Morgan fingerprint density at radius 1 is 0.733 bits per heavy atom. The van der Waals surface area contributed by atoms with Crippen LogP contribution in [0.1, 0.15) is 0 Å². The van der Waals surface area contributed by atoms with Gasteiger partial charge in [-0.05, 0) is 0 Å². The number of hydrogen-bond donors (Lipinski definition) is 0. The van der Waals surface area contributed by atoms with Crippen molar-refractivity contribution in [2.75, 3.05) is 0 Å². The molecule has 0 aromatic heterocycles. The van der Waals surface area contributed by atoms with E-state index in [0.717, 1.165) is 0 Å². The van der Waals surface area contributed by atoms with Crippen molar-refractivity contribution < 1.29 is 21.1 Å². The Kier molecular flexibility index (Phi) is 12.1. The fourth-order valence-electron chi connectivity index (χ4n) is 1.09. The zero-order valence-corrected chi connectivity index (χ0v) is 11.4. The SMILES string of the molecule is [B][B]B([B]B(B([B])[B])B([B])[B])B([B])[B].[W]. The summed E-state index contributed by atoms with van der Waals surface area (Å²) in [6, 6.07) is 0. The molecule has 0 amide bonds. The summed E-state index contributed by atoms with van der Waals surface area (Å²) >= 11 is 0. The second-order valence-electron chi connectivity index (χ2n) is 3.27. The summed E-state index contributed by atoms with van der Waals surface area (Å²) in [5.74, 6) is 0. The van der Waals surface area contributed by atoms with Crippen LogP contribution in [0.2, 0.25) is 0 Å². The summed E-state index contributed by atoms with van der Waals surface area (Å²) in [7, 11) is 41.3. The molecule has 0 aliphatic rings. The first-order chi connectivity index (χ1) is 6.40. The third-order valence-electron chi connectivity index (χ3n) is 2.00. The van der Waals surface area contributed by atoms with E-state index in [0.29, 0.717) is 0 Å². The van der Waals surface area contributed by atoms with Gasteiger partial charge in [-0.25, -0.2) is 0 Å². The largest absolute Gasteiger partial charge is 0 e. The minimum Gasteiger partial charge on any atom is 0 e. The minimum absolute atomic E-state index is 0. The van der Waals surface area contributed by atoms with Gasteiger partial charge in [0.25, 0.3) is 0 Å². The van der Waals surface area contributed by atoms with E-state index >= 15 is 0 Å². The summed E-state index contributed by atoms with van der Waals surface area (Å²) in [6.45, 7) is 0. The van der Waals surface area contributed by atoms with Gasteiger partial charge >= 0.3 is 0 Å². The molecule has 48 valence electrons. The fraction of sp³-hybridized carbons (Fsp3) is 0. The monoisotopic (exact) mass is 338 g/mol. The fourth-order valence-corrected chi connectivity index (χ4v) is 1.09. The van der Waals surface area contributed by atoms with Crippen molar-refractivity contribution in [1.29, 1.82) is 0 Å². The number of hydrogen-bond acceptors (Lipinski definition) is 0. The van der Waals surface area contributed by atoms with Crippen molar-refractivity contribution in [2.45, 2.75) is 0 Å². The average Bonchev–Trinajstić information content (AvgIpc) is 2.03. The van der Waals surface area contributed by atoms with Gasteiger partial charge in [0.2, 0.25) is 0 Å². The molecule has 0 N–H and O–H groups in total. The molecule has 0 fully saturated rings. The maximum atomic E-state index is 5.49. The van der Waals surface area contributed by atoms with Crippen LogP contribution < -0.4 is 0 Å². The molecule has 0 saturated carbocycles. The van der Waals surface area contributed by atoms with E-state index in [9.17, 15) is 0 Å². The van der Waals surface area contributed by atoms with E-state index in [-0.39, 0.29) is 33.8 Å². The van der Waals surface area contributed by atoms with Crippen molar-refractivity contribution in [3.8, 4) is 0 Å². The van der Waals surface area contributed by atoms with Crippen LogP contribution in [-0.2, 0) is 21.1 Å². The molecule has 15 heteroatoms. The molecular weight excluding hydrogens is 335 g/mol. The van der Waals surface area contributed by atoms with E-state index in [4.69, 9.17) is 54.2 Å². The first-order valence-electron chi connectivity index (χ1n) is 4.33. The molecule has 0 spiro atoms. The maximum absolute atomic E-state index is 5.49. The molecule has 0 bridgehead atoms.